The fraction of sp³-hybridized carbons (Fsp3) is 0.200. The molecule has 1 aliphatic rings. The van der Waals surface area contributed by atoms with Crippen molar-refractivity contribution in [1.82, 2.24) is 0 Å². The molecule has 0 aliphatic heterocycles. The van der Waals surface area contributed by atoms with E-state index in [1.165, 1.54) is 50.1 Å². The summed E-state index contributed by atoms with van der Waals surface area (Å²) in [5.41, 5.74) is 12.3. The van der Waals surface area contributed by atoms with Crippen LogP contribution in [-0.4, -0.2) is 0 Å². The van der Waals surface area contributed by atoms with Gasteiger partial charge in [-0.1, -0.05) is 106 Å². The summed E-state index contributed by atoms with van der Waals surface area (Å²) in [4.78, 5) is 0. The lowest BCUT2D eigenvalue weighted by molar-refractivity contribution is 0.660. The van der Waals surface area contributed by atoms with Crippen molar-refractivity contribution < 1.29 is 0 Å². The highest BCUT2D eigenvalue weighted by atomic mass is 14.4. The molecule has 148 valence electrons. The van der Waals surface area contributed by atoms with E-state index in [9.17, 15) is 0 Å². The van der Waals surface area contributed by atoms with Gasteiger partial charge in [-0.2, -0.15) is 0 Å². The van der Waals surface area contributed by atoms with Gasteiger partial charge in [-0.3, -0.25) is 0 Å². The SMILES string of the molecule is CCCc1cc(-c2ccccc2)cc(-c2ccc3c(c2)C(C)(C)c2ccccc2-3)c1. The first kappa shape index (κ1) is 18.9. The lowest BCUT2D eigenvalue weighted by Gasteiger charge is -2.22. The Kier molecular flexibility index (Phi) is 4.59. The first-order valence-corrected chi connectivity index (χ1v) is 11.0. The highest BCUT2D eigenvalue weighted by Gasteiger charge is 2.35. The van der Waals surface area contributed by atoms with Gasteiger partial charge in [0.05, 0.1) is 0 Å². The molecular weight excluding hydrogens is 360 g/mol. The largest absolute Gasteiger partial charge is 0.0651 e. The molecule has 1 aliphatic carbocycles. The van der Waals surface area contributed by atoms with Gasteiger partial charge >= 0.3 is 0 Å². The van der Waals surface area contributed by atoms with Crippen molar-refractivity contribution in [2.24, 2.45) is 0 Å². The van der Waals surface area contributed by atoms with Crippen molar-refractivity contribution in [3.63, 3.8) is 0 Å². The average molecular weight is 389 g/mol. The molecule has 0 nitrogen and oxygen atoms in total. The quantitative estimate of drug-likeness (QED) is 0.330. The Morgan fingerprint density at radius 3 is 2.00 bits per heavy atom. The molecule has 0 bridgehead atoms. The molecule has 0 saturated carbocycles. The maximum Gasteiger partial charge on any atom is 0.0159 e. The maximum atomic E-state index is 2.43. The second kappa shape index (κ2) is 7.29. The molecule has 0 heteroatoms. The van der Waals surface area contributed by atoms with Crippen LogP contribution in [0.25, 0.3) is 33.4 Å². The molecule has 0 fully saturated rings. The van der Waals surface area contributed by atoms with Crippen LogP contribution in [0.1, 0.15) is 43.9 Å². The van der Waals surface area contributed by atoms with Crippen molar-refractivity contribution in [3.05, 3.63) is 108 Å². The van der Waals surface area contributed by atoms with Gasteiger partial charge in [-0.15, -0.1) is 0 Å². The van der Waals surface area contributed by atoms with Crippen LogP contribution in [0.15, 0.2) is 91.0 Å². The third kappa shape index (κ3) is 3.08. The van der Waals surface area contributed by atoms with Crippen molar-refractivity contribution in [1.29, 1.82) is 0 Å². The molecule has 4 aromatic carbocycles. The Hall–Kier alpha value is -3.12. The lowest BCUT2D eigenvalue weighted by Crippen LogP contribution is -2.14. The normalized spacial score (nSPS) is 13.7. The lowest BCUT2D eigenvalue weighted by atomic mass is 9.81. The van der Waals surface area contributed by atoms with Gasteiger partial charge in [0, 0.05) is 5.41 Å². The standard InChI is InChI=1S/C30H28/c1-4-10-21-17-24(22-11-6-5-7-12-22)19-25(18-21)23-15-16-27-26-13-8-9-14-28(26)30(2,3)29(27)20-23/h5-9,11-20H,4,10H2,1-3H3. The molecule has 30 heavy (non-hydrogen) atoms. The third-order valence-electron chi connectivity index (χ3n) is 6.56. The van der Waals surface area contributed by atoms with Gasteiger partial charge in [0.15, 0.2) is 0 Å². The van der Waals surface area contributed by atoms with E-state index >= 15 is 0 Å². The van der Waals surface area contributed by atoms with E-state index in [4.69, 9.17) is 0 Å². The first-order valence-electron chi connectivity index (χ1n) is 11.0. The molecule has 0 unspecified atom stereocenters. The zero-order valence-corrected chi connectivity index (χ0v) is 18.1. The number of aryl methyl sites for hydroxylation is 1. The van der Waals surface area contributed by atoms with E-state index in [1.807, 2.05) is 0 Å². The fourth-order valence-electron chi connectivity index (χ4n) is 4.97. The number of benzene rings is 4. The summed E-state index contributed by atoms with van der Waals surface area (Å²) < 4.78 is 0. The smallest absolute Gasteiger partial charge is 0.0159 e. The van der Waals surface area contributed by atoms with Gasteiger partial charge in [0.2, 0.25) is 0 Å². The van der Waals surface area contributed by atoms with Crippen molar-refractivity contribution >= 4 is 0 Å². The fourth-order valence-corrected chi connectivity index (χ4v) is 4.97. The highest BCUT2D eigenvalue weighted by Crippen LogP contribution is 2.49. The second-order valence-corrected chi connectivity index (χ2v) is 8.97. The average Bonchev–Trinajstić information content (AvgIpc) is 3.01. The van der Waals surface area contributed by atoms with E-state index in [-0.39, 0.29) is 5.41 Å². The minimum absolute atomic E-state index is 0.0330. The summed E-state index contributed by atoms with van der Waals surface area (Å²) in [5.74, 6) is 0. The van der Waals surface area contributed by atoms with E-state index in [0.717, 1.165) is 12.8 Å². The first-order chi connectivity index (χ1) is 14.6. The van der Waals surface area contributed by atoms with Gasteiger partial charge in [0.25, 0.3) is 0 Å². The minimum atomic E-state index is 0.0330. The summed E-state index contributed by atoms with van der Waals surface area (Å²) in [7, 11) is 0. The topological polar surface area (TPSA) is 0 Å². The molecule has 5 rings (SSSR count). The van der Waals surface area contributed by atoms with Crippen molar-refractivity contribution in [2.45, 2.75) is 39.0 Å². The molecule has 0 atom stereocenters. The maximum absolute atomic E-state index is 2.43. The molecule has 0 N–H and O–H groups in total. The summed E-state index contributed by atoms with van der Waals surface area (Å²) in [6.45, 7) is 6.96. The second-order valence-electron chi connectivity index (χ2n) is 8.97. The summed E-state index contributed by atoms with van der Waals surface area (Å²) in [5, 5.41) is 0. The molecule has 0 amide bonds. The van der Waals surface area contributed by atoms with Crippen LogP contribution >= 0.6 is 0 Å². The van der Waals surface area contributed by atoms with Crippen molar-refractivity contribution in [3.8, 4) is 33.4 Å². The van der Waals surface area contributed by atoms with Gasteiger partial charge < -0.3 is 0 Å². The van der Waals surface area contributed by atoms with Crippen LogP contribution in [0.2, 0.25) is 0 Å². The van der Waals surface area contributed by atoms with Crippen LogP contribution in [0.4, 0.5) is 0 Å². The highest BCUT2D eigenvalue weighted by molar-refractivity contribution is 5.84. The predicted molar refractivity (Wildman–Crippen MR) is 129 cm³/mol. The molecule has 4 aromatic rings. The van der Waals surface area contributed by atoms with Crippen LogP contribution in [0.5, 0.6) is 0 Å². The Labute approximate surface area is 180 Å². The molecular formula is C30H28. The predicted octanol–water partition coefficient (Wildman–Crippen LogP) is 8.28. The Balaban J connectivity index is 1.65. The Morgan fingerprint density at radius 2 is 1.23 bits per heavy atom. The van der Waals surface area contributed by atoms with E-state index in [0.29, 0.717) is 0 Å². The van der Waals surface area contributed by atoms with Gasteiger partial charge in [-0.25, -0.2) is 0 Å². The number of rotatable bonds is 4. The molecule has 0 radical (unpaired) electrons. The van der Waals surface area contributed by atoms with Crippen molar-refractivity contribution in [2.75, 3.05) is 0 Å². The summed E-state index contributed by atoms with van der Waals surface area (Å²) >= 11 is 0. The third-order valence-corrected chi connectivity index (χ3v) is 6.56. The molecule has 0 saturated heterocycles. The summed E-state index contributed by atoms with van der Waals surface area (Å²) in [6.07, 6.45) is 2.26. The molecule has 0 heterocycles. The Morgan fingerprint density at radius 1 is 0.567 bits per heavy atom. The molecule has 0 aromatic heterocycles. The monoisotopic (exact) mass is 388 g/mol. The zero-order valence-electron chi connectivity index (χ0n) is 18.1. The Bertz CT molecular complexity index is 1210. The van der Waals surface area contributed by atoms with Gasteiger partial charge in [0.1, 0.15) is 0 Å². The van der Waals surface area contributed by atoms with Crippen LogP contribution in [-0.2, 0) is 11.8 Å². The van der Waals surface area contributed by atoms with Crippen LogP contribution < -0.4 is 0 Å². The number of hydrogen-bond donors (Lipinski definition) is 0. The number of hydrogen-bond acceptors (Lipinski definition) is 0. The van der Waals surface area contributed by atoms with Crippen LogP contribution in [0.3, 0.4) is 0 Å². The minimum Gasteiger partial charge on any atom is -0.0651 e. The van der Waals surface area contributed by atoms with E-state index in [1.54, 1.807) is 0 Å². The van der Waals surface area contributed by atoms with Crippen LogP contribution in [0, 0.1) is 0 Å². The summed E-state index contributed by atoms with van der Waals surface area (Å²) in [6, 6.07) is 33.7. The zero-order chi connectivity index (χ0) is 20.7. The number of fused-ring (bicyclic) bond motifs is 3. The van der Waals surface area contributed by atoms with E-state index < -0.39 is 0 Å². The molecule has 0 spiro atoms. The van der Waals surface area contributed by atoms with E-state index in [2.05, 4.69) is 112 Å². The van der Waals surface area contributed by atoms with Gasteiger partial charge in [-0.05, 0) is 68.6 Å².